The second-order valence-electron chi connectivity index (χ2n) is 4.00. The van der Waals surface area contributed by atoms with Crippen molar-refractivity contribution >= 4 is 20.4 Å². The molecule has 0 rings (SSSR count). The molecule has 5 nitrogen and oxygen atoms in total. The molecule has 0 aliphatic heterocycles. The van der Waals surface area contributed by atoms with Gasteiger partial charge < -0.3 is 13.3 Å². The smallest absolute Gasteiger partial charge is 0.374 e. The summed E-state index contributed by atoms with van der Waals surface area (Å²) in [6.07, 6.45) is 1.08. The molecule has 0 heterocycles. The summed E-state index contributed by atoms with van der Waals surface area (Å²) in [5.41, 5.74) is -0.260. The molecule has 0 aromatic heterocycles. The van der Waals surface area contributed by atoms with E-state index in [1.807, 2.05) is 27.7 Å². The monoisotopic (exact) mass is 288 g/mol. The van der Waals surface area contributed by atoms with Gasteiger partial charge in [-0.05, 0) is 26.8 Å². The third-order valence-corrected chi connectivity index (χ3v) is 6.08. The van der Waals surface area contributed by atoms with Gasteiger partial charge in [0.05, 0.1) is 0 Å². The van der Waals surface area contributed by atoms with Crippen LogP contribution in [-0.4, -0.2) is 40.2 Å². The van der Waals surface area contributed by atoms with Crippen LogP contribution in [-0.2, 0) is 22.9 Å². The van der Waals surface area contributed by atoms with Gasteiger partial charge in [0.2, 0.25) is 11.6 Å². The van der Waals surface area contributed by atoms with Crippen LogP contribution in [0.2, 0.25) is 5.54 Å². The molecule has 0 fully saturated rings. The lowest BCUT2D eigenvalue weighted by atomic mass is 10.1. The zero-order chi connectivity index (χ0) is 14.9. The number of ketones is 2. The summed E-state index contributed by atoms with van der Waals surface area (Å²) in [5, 5.41) is 0. The summed E-state index contributed by atoms with van der Waals surface area (Å²) >= 11 is 0. The first-order chi connectivity index (χ1) is 8.97. The predicted octanol–water partition coefficient (Wildman–Crippen LogP) is 2.14. The van der Waals surface area contributed by atoms with E-state index in [1.54, 1.807) is 0 Å². The van der Waals surface area contributed by atoms with Crippen molar-refractivity contribution in [3.05, 3.63) is 12.7 Å². The summed E-state index contributed by atoms with van der Waals surface area (Å²) in [6.45, 7) is 12.0. The van der Waals surface area contributed by atoms with E-state index >= 15 is 0 Å². The van der Waals surface area contributed by atoms with Gasteiger partial charge in [-0.25, -0.2) is 0 Å². The van der Waals surface area contributed by atoms with Gasteiger partial charge in [0, 0.05) is 31.8 Å². The van der Waals surface area contributed by atoms with Gasteiger partial charge in [0.25, 0.3) is 0 Å². The Hall–Kier alpha value is -0.823. The van der Waals surface area contributed by atoms with Crippen LogP contribution < -0.4 is 0 Å². The quantitative estimate of drug-likeness (QED) is 0.331. The first kappa shape index (κ1) is 18.2. The van der Waals surface area contributed by atoms with Crippen LogP contribution in [0.25, 0.3) is 0 Å². The van der Waals surface area contributed by atoms with Gasteiger partial charge in [0.15, 0.2) is 0 Å². The minimum Gasteiger partial charge on any atom is -0.374 e. The maximum absolute atomic E-state index is 11.7. The lowest BCUT2D eigenvalue weighted by molar-refractivity contribution is -0.134. The van der Waals surface area contributed by atoms with Crippen LogP contribution in [0.1, 0.15) is 34.1 Å². The van der Waals surface area contributed by atoms with Crippen molar-refractivity contribution in [2.45, 2.75) is 39.7 Å². The normalized spacial score (nSPS) is 13.1. The van der Waals surface area contributed by atoms with E-state index in [0.29, 0.717) is 19.8 Å². The van der Waals surface area contributed by atoms with Gasteiger partial charge >= 0.3 is 8.80 Å². The SMILES string of the molecule is C=CC(=O)C(=O)CC(C)[Si](OCC)(OCC)OCC. The molecule has 0 aliphatic rings. The molecule has 0 aromatic carbocycles. The summed E-state index contributed by atoms with van der Waals surface area (Å²) < 4.78 is 17.1. The van der Waals surface area contributed by atoms with E-state index in [0.717, 1.165) is 6.08 Å². The Kier molecular flexibility index (Phi) is 8.74. The number of carbonyl (C=O) groups is 2. The van der Waals surface area contributed by atoms with Gasteiger partial charge in [-0.1, -0.05) is 13.5 Å². The van der Waals surface area contributed by atoms with E-state index in [-0.39, 0.29) is 12.0 Å². The maximum Gasteiger partial charge on any atom is 0.504 e. The largest absolute Gasteiger partial charge is 0.504 e. The highest BCUT2D eigenvalue weighted by molar-refractivity contribution is 6.63. The Balaban J connectivity index is 4.95. The first-order valence-corrected chi connectivity index (χ1v) is 8.38. The van der Waals surface area contributed by atoms with Crippen molar-refractivity contribution in [3.63, 3.8) is 0 Å². The molecule has 0 N–H and O–H groups in total. The third-order valence-electron chi connectivity index (χ3n) is 2.59. The fourth-order valence-electron chi connectivity index (χ4n) is 1.77. The van der Waals surface area contributed by atoms with Gasteiger partial charge in [-0.15, -0.1) is 0 Å². The zero-order valence-corrected chi connectivity index (χ0v) is 13.2. The average molecular weight is 288 g/mol. The minimum absolute atomic E-state index is 0.0527. The zero-order valence-electron chi connectivity index (χ0n) is 12.2. The highest BCUT2D eigenvalue weighted by Crippen LogP contribution is 2.29. The van der Waals surface area contributed by atoms with Crippen LogP contribution in [0.4, 0.5) is 0 Å². The van der Waals surface area contributed by atoms with Crippen molar-refractivity contribution < 1.29 is 22.9 Å². The third kappa shape index (κ3) is 5.36. The molecule has 1 unspecified atom stereocenters. The van der Waals surface area contributed by atoms with E-state index < -0.39 is 20.4 Å². The molecule has 0 bridgehead atoms. The Morgan fingerprint density at radius 2 is 1.53 bits per heavy atom. The molecule has 0 spiro atoms. The molecule has 6 heteroatoms. The second-order valence-corrected chi connectivity index (χ2v) is 7.06. The molecule has 0 saturated heterocycles. The van der Waals surface area contributed by atoms with Crippen molar-refractivity contribution in [2.75, 3.05) is 19.8 Å². The highest BCUT2D eigenvalue weighted by Gasteiger charge is 2.47. The molecular weight excluding hydrogens is 264 g/mol. The van der Waals surface area contributed by atoms with Crippen LogP contribution in [0.3, 0.4) is 0 Å². The molecule has 0 amide bonds. The van der Waals surface area contributed by atoms with Crippen molar-refractivity contribution in [1.82, 2.24) is 0 Å². The Morgan fingerprint density at radius 1 is 1.11 bits per heavy atom. The van der Waals surface area contributed by atoms with Crippen LogP contribution in [0.15, 0.2) is 12.7 Å². The number of hydrogen-bond acceptors (Lipinski definition) is 5. The van der Waals surface area contributed by atoms with E-state index in [1.165, 1.54) is 0 Å². The van der Waals surface area contributed by atoms with Gasteiger partial charge in [-0.3, -0.25) is 9.59 Å². The van der Waals surface area contributed by atoms with E-state index in [9.17, 15) is 9.59 Å². The summed E-state index contributed by atoms with van der Waals surface area (Å²) in [7, 11) is -2.93. The fraction of sp³-hybridized carbons (Fsp3) is 0.692. The fourth-order valence-corrected chi connectivity index (χ4v) is 4.52. The topological polar surface area (TPSA) is 61.8 Å². The molecule has 0 saturated carbocycles. The number of hydrogen-bond donors (Lipinski definition) is 0. The molecule has 1 atom stereocenters. The molecule has 0 aromatic rings. The Morgan fingerprint density at radius 3 is 1.84 bits per heavy atom. The minimum atomic E-state index is -2.93. The van der Waals surface area contributed by atoms with Crippen molar-refractivity contribution in [2.24, 2.45) is 0 Å². The summed E-state index contributed by atoms with van der Waals surface area (Å²) in [5.74, 6) is -1.07. The van der Waals surface area contributed by atoms with Crippen LogP contribution in [0, 0.1) is 0 Å². The van der Waals surface area contributed by atoms with E-state index in [4.69, 9.17) is 13.3 Å². The van der Waals surface area contributed by atoms with E-state index in [2.05, 4.69) is 6.58 Å². The standard InChI is InChI=1S/C13H24O5Si/c1-6-12(14)13(15)10-11(5)19(16-7-2,17-8-3)18-9-4/h6,11H,1,7-10H2,2-5H3. The molecule has 110 valence electrons. The Labute approximate surface area is 116 Å². The number of rotatable bonds is 11. The predicted molar refractivity (Wildman–Crippen MR) is 74.9 cm³/mol. The summed E-state index contributed by atoms with van der Waals surface area (Å²) in [6, 6.07) is 0. The molecule has 19 heavy (non-hydrogen) atoms. The number of allylic oxidation sites excluding steroid dienone is 1. The Bertz CT molecular complexity index is 299. The summed E-state index contributed by atoms with van der Waals surface area (Å²) in [4.78, 5) is 23.0. The second kappa shape index (κ2) is 9.14. The lowest BCUT2D eigenvalue weighted by Crippen LogP contribution is -2.50. The highest BCUT2D eigenvalue weighted by atomic mass is 28.4. The lowest BCUT2D eigenvalue weighted by Gasteiger charge is -2.33. The average Bonchev–Trinajstić information content (AvgIpc) is 2.38. The first-order valence-electron chi connectivity index (χ1n) is 6.58. The van der Waals surface area contributed by atoms with Crippen molar-refractivity contribution in [3.8, 4) is 0 Å². The molecular formula is C13H24O5Si. The maximum atomic E-state index is 11.7. The molecule has 0 radical (unpaired) electrons. The van der Waals surface area contributed by atoms with Crippen LogP contribution >= 0.6 is 0 Å². The molecule has 0 aliphatic carbocycles. The number of Topliss-reactive ketones (excluding diaryl/α,β-unsaturated/α-hetero) is 1. The van der Waals surface area contributed by atoms with Crippen molar-refractivity contribution in [1.29, 1.82) is 0 Å². The van der Waals surface area contributed by atoms with Crippen LogP contribution in [0.5, 0.6) is 0 Å². The van der Waals surface area contributed by atoms with Gasteiger partial charge in [0.1, 0.15) is 0 Å². The van der Waals surface area contributed by atoms with Gasteiger partial charge in [-0.2, -0.15) is 0 Å². The number of carbonyl (C=O) groups excluding carboxylic acids is 2.